The Kier molecular flexibility index (Phi) is 8.71. The molecule has 0 bridgehead atoms. The van der Waals surface area contributed by atoms with E-state index in [0.717, 1.165) is 60.8 Å². The predicted molar refractivity (Wildman–Crippen MR) is 176 cm³/mol. The molecule has 9 nitrogen and oxygen atoms in total. The lowest BCUT2D eigenvalue weighted by molar-refractivity contribution is -0.155. The van der Waals surface area contributed by atoms with Crippen LogP contribution in [0.25, 0.3) is 0 Å². The molecule has 1 saturated heterocycles. The molecule has 0 spiro atoms. The van der Waals surface area contributed by atoms with E-state index in [0.29, 0.717) is 24.9 Å². The van der Waals surface area contributed by atoms with Gasteiger partial charge >= 0.3 is 12.1 Å². The van der Waals surface area contributed by atoms with E-state index in [-0.39, 0.29) is 30.9 Å². The van der Waals surface area contributed by atoms with Crippen molar-refractivity contribution >= 4 is 29.6 Å². The maximum absolute atomic E-state index is 15.0. The van der Waals surface area contributed by atoms with Crippen LogP contribution >= 0.6 is 0 Å². The highest BCUT2D eigenvalue weighted by Gasteiger charge is 2.50. The SMILES string of the molecule is O=C(O)[C@H]1Cc2ccccc2CN1C(=O)[C@H]1CC[C@@H](c2ccccc2)N1C(=O)[C@H]1Cc2ccccc2N1C(=O)OC1CCCCCC1. The number of amides is 3. The predicted octanol–water partition coefficient (Wildman–Crippen LogP) is 6.05. The molecule has 3 amide bonds. The fraction of sp³-hybridized carbons (Fsp3) is 0.421. The highest BCUT2D eigenvalue weighted by molar-refractivity contribution is 6.02. The Morgan fingerprint density at radius 2 is 1.28 bits per heavy atom. The minimum absolute atomic E-state index is 0.162. The number of aliphatic carboxylic acids is 1. The van der Waals surface area contributed by atoms with Gasteiger partial charge in [0.05, 0.1) is 11.7 Å². The van der Waals surface area contributed by atoms with Crippen LogP contribution in [0.3, 0.4) is 0 Å². The number of fused-ring (bicyclic) bond motifs is 2. The molecule has 3 aliphatic heterocycles. The van der Waals surface area contributed by atoms with Crippen molar-refractivity contribution in [2.75, 3.05) is 4.90 Å². The third-order valence-corrected chi connectivity index (χ3v) is 10.5. The second-order valence-corrected chi connectivity index (χ2v) is 13.3. The van der Waals surface area contributed by atoms with Gasteiger partial charge in [0.25, 0.3) is 0 Å². The summed E-state index contributed by atoms with van der Waals surface area (Å²) in [5, 5.41) is 10.2. The van der Waals surface area contributed by atoms with Crippen molar-refractivity contribution in [3.63, 3.8) is 0 Å². The summed E-state index contributed by atoms with van der Waals surface area (Å²) in [5.74, 6) is -1.77. The number of hydrogen-bond donors (Lipinski definition) is 1. The summed E-state index contributed by atoms with van der Waals surface area (Å²) >= 11 is 0. The maximum Gasteiger partial charge on any atom is 0.415 e. The fourth-order valence-corrected chi connectivity index (χ4v) is 8.07. The van der Waals surface area contributed by atoms with Crippen molar-refractivity contribution in [1.82, 2.24) is 9.80 Å². The lowest BCUT2D eigenvalue weighted by Crippen LogP contribution is -2.58. The van der Waals surface area contributed by atoms with Crippen LogP contribution in [0.1, 0.15) is 79.7 Å². The first-order valence-electron chi connectivity index (χ1n) is 17.0. The highest BCUT2D eigenvalue weighted by atomic mass is 16.6. The van der Waals surface area contributed by atoms with Crippen molar-refractivity contribution in [3.8, 4) is 0 Å². The molecule has 0 unspecified atom stereocenters. The standard InChI is InChI=1S/C38H41N3O6/c42-35(39-24-28-16-9-8-14-26(28)22-34(39)37(44)45)32-21-20-31(25-12-4-3-5-13-25)40(32)36(43)33-23-27-15-10-11-19-30(27)41(33)38(46)47-29-17-6-1-2-7-18-29/h3-5,8-16,19,29,31-34H,1-2,6-7,17-18,20-24H2,(H,44,45)/t31-,32+,33+,34+/m0/s1. The molecule has 2 fully saturated rings. The van der Waals surface area contributed by atoms with E-state index in [1.165, 1.54) is 9.80 Å². The Balaban J connectivity index is 1.23. The molecule has 47 heavy (non-hydrogen) atoms. The van der Waals surface area contributed by atoms with Gasteiger partial charge in [-0.25, -0.2) is 9.59 Å². The molecule has 9 heteroatoms. The van der Waals surface area contributed by atoms with Crippen molar-refractivity contribution < 1.29 is 29.0 Å². The Hall–Kier alpha value is -4.66. The van der Waals surface area contributed by atoms with Crippen LogP contribution < -0.4 is 4.90 Å². The molecule has 3 aromatic carbocycles. The number of carbonyl (C=O) groups excluding carboxylic acids is 3. The number of carboxylic acid groups (broad SMARTS) is 1. The zero-order valence-electron chi connectivity index (χ0n) is 26.5. The van der Waals surface area contributed by atoms with Crippen LogP contribution in [0, 0.1) is 0 Å². The summed E-state index contributed by atoms with van der Waals surface area (Å²) in [6.45, 7) is 0.162. The molecule has 3 aromatic rings. The van der Waals surface area contributed by atoms with Crippen LogP contribution in [-0.2, 0) is 38.5 Å². The zero-order valence-corrected chi connectivity index (χ0v) is 26.5. The molecule has 1 saturated carbocycles. The minimum Gasteiger partial charge on any atom is -0.480 e. The van der Waals surface area contributed by atoms with Crippen molar-refractivity contribution in [3.05, 3.63) is 101 Å². The maximum atomic E-state index is 15.0. The van der Waals surface area contributed by atoms with Crippen molar-refractivity contribution in [1.29, 1.82) is 0 Å². The van der Waals surface area contributed by atoms with Gasteiger partial charge in [-0.05, 0) is 66.8 Å². The van der Waals surface area contributed by atoms with E-state index in [1.807, 2.05) is 78.9 Å². The number of benzene rings is 3. The smallest absolute Gasteiger partial charge is 0.415 e. The number of likely N-dealkylation sites (tertiary alicyclic amines) is 1. The molecule has 3 heterocycles. The molecular weight excluding hydrogens is 594 g/mol. The van der Waals surface area contributed by atoms with Gasteiger partial charge in [0.15, 0.2) is 0 Å². The van der Waals surface area contributed by atoms with Crippen LogP contribution in [0.4, 0.5) is 10.5 Å². The molecule has 1 N–H and O–H groups in total. The van der Waals surface area contributed by atoms with Gasteiger partial charge in [-0.15, -0.1) is 0 Å². The van der Waals surface area contributed by atoms with Gasteiger partial charge in [-0.1, -0.05) is 85.6 Å². The van der Waals surface area contributed by atoms with E-state index < -0.39 is 36.2 Å². The van der Waals surface area contributed by atoms with Crippen molar-refractivity contribution in [2.45, 2.75) is 101 Å². The minimum atomic E-state index is -1.07. The Morgan fingerprint density at radius 3 is 2.00 bits per heavy atom. The number of carbonyl (C=O) groups is 4. The molecular formula is C38H41N3O6. The molecule has 0 radical (unpaired) electrons. The lowest BCUT2D eigenvalue weighted by atomic mass is 9.93. The summed E-state index contributed by atoms with van der Waals surface area (Å²) < 4.78 is 6.09. The molecule has 244 valence electrons. The lowest BCUT2D eigenvalue weighted by Gasteiger charge is -2.40. The van der Waals surface area contributed by atoms with Crippen LogP contribution in [0.5, 0.6) is 0 Å². The van der Waals surface area contributed by atoms with Gasteiger partial charge in [0, 0.05) is 19.4 Å². The molecule has 1 aliphatic carbocycles. The second kappa shape index (κ2) is 13.2. The third kappa shape index (κ3) is 5.99. The van der Waals surface area contributed by atoms with Gasteiger partial charge in [0.1, 0.15) is 24.2 Å². The number of rotatable bonds is 5. The Morgan fingerprint density at radius 1 is 0.638 bits per heavy atom. The molecule has 4 atom stereocenters. The van der Waals surface area contributed by atoms with Gasteiger partial charge in [-0.2, -0.15) is 0 Å². The summed E-state index contributed by atoms with van der Waals surface area (Å²) in [4.78, 5) is 60.5. The van der Waals surface area contributed by atoms with Gasteiger partial charge in [0.2, 0.25) is 11.8 Å². The average Bonchev–Trinajstić information content (AvgIpc) is 3.62. The summed E-state index contributed by atoms with van der Waals surface area (Å²) in [7, 11) is 0. The van der Waals surface area contributed by atoms with E-state index in [4.69, 9.17) is 4.74 Å². The molecule has 4 aliphatic rings. The van der Waals surface area contributed by atoms with E-state index in [9.17, 15) is 24.3 Å². The largest absolute Gasteiger partial charge is 0.480 e. The first-order valence-corrected chi connectivity index (χ1v) is 17.0. The van der Waals surface area contributed by atoms with Gasteiger partial charge in [-0.3, -0.25) is 14.5 Å². The second-order valence-electron chi connectivity index (χ2n) is 13.3. The zero-order chi connectivity index (χ0) is 32.5. The Bertz CT molecular complexity index is 1650. The highest BCUT2D eigenvalue weighted by Crippen LogP contribution is 2.42. The fourth-order valence-electron chi connectivity index (χ4n) is 8.07. The van der Waals surface area contributed by atoms with Crippen LogP contribution in [0.2, 0.25) is 0 Å². The van der Waals surface area contributed by atoms with E-state index in [2.05, 4.69) is 0 Å². The summed E-state index contributed by atoms with van der Waals surface area (Å²) in [5.41, 5.74) is 4.25. The monoisotopic (exact) mass is 635 g/mol. The number of ether oxygens (including phenoxy) is 1. The average molecular weight is 636 g/mol. The van der Waals surface area contributed by atoms with Crippen molar-refractivity contribution in [2.24, 2.45) is 0 Å². The van der Waals surface area contributed by atoms with Crippen LogP contribution in [0.15, 0.2) is 78.9 Å². The number of anilines is 1. The summed E-state index contributed by atoms with van der Waals surface area (Å²) in [6.07, 6.45) is 6.60. The number of carboxylic acids is 1. The topological polar surface area (TPSA) is 107 Å². The number of hydrogen-bond acceptors (Lipinski definition) is 5. The van der Waals surface area contributed by atoms with E-state index >= 15 is 0 Å². The Labute approximate surface area is 275 Å². The molecule has 7 rings (SSSR count). The normalized spacial score (nSPS) is 24.3. The number of para-hydroxylation sites is 1. The third-order valence-electron chi connectivity index (χ3n) is 10.5. The van der Waals surface area contributed by atoms with Gasteiger partial charge < -0.3 is 19.6 Å². The van der Waals surface area contributed by atoms with E-state index in [1.54, 1.807) is 4.90 Å². The first-order chi connectivity index (χ1) is 22.9. The quantitative estimate of drug-likeness (QED) is 0.342. The molecule has 0 aromatic heterocycles. The van der Waals surface area contributed by atoms with Crippen LogP contribution in [-0.4, -0.2) is 63.0 Å². The first kappa shape index (κ1) is 31.0. The number of nitrogens with zero attached hydrogens (tertiary/aromatic N) is 3. The summed E-state index contributed by atoms with van der Waals surface area (Å²) in [6, 6.07) is 21.6.